The maximum absolute atomic E-state index is 10.9. The summed E-state index contributed by atoms with van der Waals surface area (Å²) in [6, 6.07) is 0. The van der Waals surface area contributed by atoms with Crippen LogP contribution in [0.1, 0.15) is 11.3 Å². The van der Waals surface area contributed by atoms with Gasteiger partial charge in [0.25, 0.3) is 0 Å². The molecule has 8 heteroatoms. The standard InChI is InChI=1S/C10H16ClN5O2/c1-6-7(10(11)15(2)14-6)3-16(4-8(12)17)5-9(13)18/h3-5H2,1-2H3,(H2,12,17)(H2,13,18). The third kappa shape index (κ3) is 3.71. The van der Waals surface area contributed by atoms with Crippen LogP contribution in [-0.2, 0) is 23.2 Å². The first kappa shape index (κ1) is 14.5. The van der Waals surface area contributed by atoms with Crippen LogP contribution in [0.5, 0.6) is 0 Å². The van der Waals surface area contributed by atoms with Gasteiger partial charge in [0.05, 0.1) is 18.8 Å². The topological polar surface area (TPSA) is 107 Å². The van der Waals surface area contributed by atoms with Gasteiger partial charge in [0, 0.05) is 19.2 Å². The molecule has 0 aliphatic rings. The fraction of sp³-hybridized carbons (Fsp3) is 0.500. The average molecular weight is 274 g/mol. The van der Waals surface area contributed by atoms with E-state index in [9.17, 15) is 9.59 Å². The molecule has 18 heavy (non-hydrogen) atoms. The zero-order valence-corrected chi connectivity index (χ0v) is 11.1. The van der Waals surface area contributed by atoms with Crippen molar-refractivity contribution in [1.82, 2.24) is 14.7 Å². The van der Waals surface area contributed by atoms with Crippen molar-refractivity contribution in [1.29, 1.82) is 0 Å². The zero-order chi connectivity index (χ0) is 13.9. The Balaban J connectivity index is 2.88. The molecule has 0 fully saturated rings. The lowest BCUT2D eigenvalue weighted by atomic mass is 10.2. The molecule has 0 radical (unpaired) electrons. The van der Waals surface area contributed by atoms with Crippen LogP contribution in [0.3, 0.4) is 0 Å². The van der Waals surface area contributed by atoms with Crippen LogP contribution >= 0.6 is 11.6 Å². The van der Waals surface area contributed by atoms with Crippen molar-refractivity contribution in [3.8, 4) is 0 Å². The number of halogens is 1. The molecule has 0 aliphatic carbocycles. The second-order valence-corrected chi connectivity index (χ2v) is 4.41. The summed E-state index contributed by atoms with van der Waals surface area (Å²) in [5.74, 6) is -1.07. The highest BCUT2D eigenvalue weighted by Gasteiger charge is 2.17. The summed E-state index contributed by atoms with van der Waals surface area (Å²) >= 11 is 6.07. The van der Waals surface area contributed by atoms with E-state index in [4.69, 9.17) is 23.1 Å². The van der Waals surface area contributed by atoms with Gasteiger partial charge in [-0.05, 0) is 6.92 Å². The molecular weight excluding hydrogens is 258 g/mol. The molecule has 100 valence electrons. The van der Waals surface area contributed by atoms with Crippen LogP contribution in [0.15, 0.2) is 0 Å². The number of nitrogens with two attached hydrogens (primary N) is 2. The van der Waals surface area contributed by atoms with E-state index in [-0.39, 0.29) is 13.1 Å². The summed E-state index contributed by atoms with van der Waals surface area (Å²) in [4.78, 5) is 23.4. The average Bonchev–Trinajstić information content (AvgIpc) is 2.43. The van der Waals surface area contributed by atoms with Crippen molar-refractivity contribution < 1.29 is 9.59 Å². The van der Waals surface area contributed by atoms with E-state index in [1.165, 1.54) is 9.58 Å². The number of primary amides is 2. The van der Waals surface area contributed by atoms with Crippen molar-refractivity contribution in [3.05, 3.63) is 16.4 Å². The maximum atomic E-state index is 10.9. The van der Waals surface area contributed by atoms with Gasteiger partial charge in [-0.15, -0.1) is 0 Å². The Kier molecular flexibility index (Phi) is 4.69. The number of hydrogen-bond donors (Lipinski definition) is 2. The second-order valence-electron chi connectivity index (χ2n) is 4.06. The lowest BCUT2D eigenvalue weighted by Gasteiger charge is -2.18. The molecule has 7 nitrogen and oxygen atoms in total. The molecule has 1 heterocycles. The van der Waals surface area contributed by atoms with E-state index >= 15 is 0 Å². The molecule has 0 unspecified atom stereocenters. The van der Waals surface area contributed by atoms with Gasteiger partial charge in [-0.3, -0.25) is 19.2 Å². The molecule has 0 aromatic carbocycles. The largest absolute Gasteiger partial charge is 0.369 e. The minimum Gasteiger partial charge on any atom is -0.369 e. The van der Waals surface area contributed by atoms with Crippen LogP contribution in [0.4, 0.5) is 0 Å². The summed E-state index contributed by atoms with van der Waals surface area (Å²) < 4.78 is 1.53. The Morgan fingerprint density at radius 1 is 1.33 bits per heavy atom. The quantitative estimate of drug-likeness (QED) is 0.704. The molecular formula is C10H16ClN5O2. The van der Waals surface area contributed by atoms with Gasteiger partial charge in [0.1, 0.15) is 5.15 Å². The molecule has 0 spiro atoms. The van der Waals surface area contributed by atoms with Gasteiger partial charge in [-0.1, -0.05) is 11.6 Å². The molecule has 0 saturated carbocycles. The van der Waals surface area contributed by atoms with Gasteiger partial charge in [-0.25, -0.2) is 0 Å². The molecule has 1 aromatic heterocycles. The van der Waals surface area contributed by atoms with Gasteiger partial charge in [0.15, 0.2) is 0 Å². The number of carbonyl (C=O) groups is 2. The first-order chi connectivity index (χ1) is 8.31. The Labute approximate surface area is 110 Å². The van der Waals surface area contributed by atoms with Crippen molar-refractivity contribution in [2.45, 2.75) is 13.5 Å². The summed E-state index contributed by atoms with van der Waals surface area (Å²) in [5.41, 5.74) is 11.7. The number of carbonyl (C=O) groups excluding carboxylic acids is 2. The number of rotatable bonds is 6. The normalized spacial score (nSPS) is 10.9. The summed E-state index contributed by atoms with van der Waals surface area (Å²) in [6.45, 7) is 1.97. The fourth-order valence-electron chi connectivity index (χ4n) is 1.69. The third-order valence-electron chi connectivity index (χ3n) is 2.41. The number of aryl methyl sites for hydroxylation is 2. The Morgan fingerprint density at radius 3 is 2.17 bits per heavy atom. The van der Waals surface area contributed by atoms with Crippen LogP contribution in [-0.4, -0.2) is 39.6 Å². The van der Waals surface area contributed by atoms with E-state index in [1.54, 1.807) is 14.0 Å². The smallest absolute Gasteiger partial charge is 0.231 e. The number of hydrogen-bond acceptors (Lipinski definition) is 4. The van der Waals surface area contributed by atoms with Gasteiger partial charge in [0.2, 0.25) is 11.8 Å². The minimum atomic E-state index is -0.533. The van der Waals surface area contributed by atoms with E-state index in [0.717, 1.165) is 11.3 Å². The highest BCUT2D eigenvalue weighted by atomic mass is 35.5. The SMILES string of the molecule is Cc1nn(C)c(Cl)c1CN(CC(N)=O)CC(N)=O. The molecule has 1 aromatic rings. The summed E-state index contributed by atoms with van der Waals surface area (Å²) in [7, 11) is 1.71. The van der Waals surface area contributed by atoms with E-state index in [0.29, 0.717) is 11.7 Å². The molecule has 0 saturated heterocycles. The van der Waals surface area contributed by atoms with E-state index < -0.39 is 11.8 Å². The van der Waals surface area contributed by atoms with Gasteiger partial charge in [-0.2, -0.15) is 5.10 Å². The van der Waals surface area contributed by atoms with Crippen LogP contribution in [0.2, 0.25) is 5.15 Å². The summed E-state index contributed by atoms with van der Waals surface area (Å²) in [6.07, 6.45) is 0. The third-order valence-corrected chi connectivity index (χ3v) is 2.88. The predicted octanol–water partition coefficient (Wildman–Crippen LogP) is -0.845. The Morgan fingerprint density at radius 2 is 1.83 bits per heavy atom. The molecule has 4 N–H and O–H groups in total. The predicted molar refractivity (Wildman–Crippen MR) is 66.6 cm³/mol. The maximum Gasteiger partial charge on any atom is 0.231 e. The zero-order valence-electron chi connectivity index (χ0n) is 10.3. The molecule has 0 bridgehead atoms. The molecule has 2 amide bonds. The highest BCUT2D eigenvalue weighted by molar-refractivity contribution is 6.30. The first-order valence-corrected chi connectivity index (χ1v) is 5.66. The number of aromatic nitrogens is 2. The minimum absolute atomic E-state index is 0.0619. The van der Waals surface area contributed by atoms with Gasteiger partial charge >= 0.3 is 0 Å². The molecule has 0 atom stereocenters. The molecule has 0 aliphatic heterocycles. The van der Waals surface area contributed by atoms with E-state index in [2.05, 4.69) is 5.10 Å². The lowest BCUT2D eigenvalue weighted by molar-refractivity contribution is -0.122. The van der Waals surface area contributed by atoms with Gasteiger partial charge < -0.3 is 11.5 Å². The Bertz CT molecular complexity index is 455. The van der Waals surface area contributed by atoms with Crippen LogP contribution in [0.25, 0.3) is 0 Å². The van der Waals surface area contributed by atoms with E-state index in [1.807, 2.05) is 0 Å². The number of nitrogens with zero attached hydrogens (tertiary/aromatic N) is 3. The van der Waals surface area contributed by atoms with Crippen molar-refractivity contribution >= 4 is 23.4 Å². The molecule has 1 rings (SSSR count). The van der Waals surface area contributed by atoms with Crippen LogP contribution < -0.4 is 11.5 Å². The monoisotopic (exact) mass is 273 g/mol. The second kappa shape index (κ2) is 5.83. The fourth-order valence-corrected chi connectivity index (χ4v) is 1.92. The van der Waals surface area contributed by atoms with Crippen molar-refractivity contribution in [2.75, 3.05) is 13.1 Å². The summed E-state index contributed by atoms with van der Waals surface area (Å²) in [5, 5.41) is 4.61. The van der Waals surface area contributed by atoms with Crippen molar-refractivity contribution in [2.24, 2.45) is 18.5 Å². The Hall–Kier alpha value is -1.60. The number of amides is 2. The van der Waals surface area contributed by atoms with Crippen LogP contribution in [0, 0.1) is 6.92 Å². The highest BCUT2D eigenvalue weighted by Crippen LogP contribution is 2.20. The lowest BCUT2D eigenvalue weighted by Crippen LogP contribution is -2.39. The first-order valence-electron chi connectivity index (χ1n) is 5.28. The van der Waals surface area contributed by atoms with Crippen molar-refractivity contribution in [3.63, 3.8) is 0 Å².